The number of alkyl halides is 3. The lowest BCUT2D eigenvalue weighted by molar-refractivity contribution is -0.136. The molecule has 1 saturated heterocycles. The Labute approximate surface area is 195 Å². The summed E-state index contributed by atoms with van der Waals surface area (Å²) in [4.78, 5) is 39.2. The molecular weight excluding hydrogens is 475 g/mol. The van der Waals surface area contributed by atoms with Crippen LogP contribution in [-0.2, 0) is 41.7 Å². The number of halogens is 3. The number of thiophene rings is 1. The standard InChI is InChI=1S/C22H22F3N3O5S/c1-32-11-10-28-19-16(18(29)27(20(28)30)8-7-14-5-3-2-4-6-14)17(22(23,24)25)15(34-19)13-26-9-12-33-21(26)31/h2-6H,7-13H2,1H3. The highest BCUT2D eigenvalue weighted by molar-refractivity contribution is 7.18. The predicted molar refractivity (Wildman–Crippen MR) is 119 cm³/mol. The summed E-state index contributed by atoms with van der Waals surface area (Å²) in [6, 6.07) is 9.04. The normalized spacial score (nSPS) is 14.2. The van der Waals surface area contributed by atoms with Gasteiger partial charge in [-0.2, -0.15) is 13.2 Å². The van der Waals surface area contributed by atoms with Crippen LogP contribution in [0, 0.1) is 0 Å². The number of cyclic esters (lactones) is 1. The lowest BCUT2D eigenvalue weighted by Gasteiger charge is -2.14. The molecule has 0 unspecified atom stereocenters. The Bertz CT molecular complexity index is 1310. The van der Waals surface area contributed by atoms with Crippen molar-refractivity contribution in [1.82, 2.24) is 14.0 Å². The number of carbonyl (C=O) groups is 1. The van der Waals surface area contributed by atoms with Crippen molar-refractivity contribution in [2.45, 2.75) is 32.2 Å². The van der Waals surface area contributed by atoms with Gasteiger partial charge in [0.05, 0.1) is 37.2 Å². The monoisotopic (exact) mass is 497 g/mol. The minimum absolute atomic E-state index is 0.0273. The maximum absolute atomic E-state index is 14.2. The molecule has 0 atom stereocenters. The third-order valence-electron chi connectivity index (χ3n) is 5.58. The number of carbonyl (C=O) groups excluding carboxylic acids is 1. The molecule has 1 aromatic carbocycles. The van der Waals surface area contributed by atoms with Crippen molar-refractivity contribution >= 4 is 27.6 Å². The molecule has 3 heterocycles. The van der Waals surface area contributed by atoms with Gasteiger partial charge < -0.3 is 9.47 Å². The van der Waals surface area contributed by atoms with E-state index in [2.05, 4.69) is 0 Å². The summed E-state index contributed by atoms with van der Waals surface area (Å²) in [7, 11) is 1.41. The molecule has 2 aromatic heterocycles. The second kappa shape index (κ2) is 9.63. The van der Waals surface area contributed by atoms with Gasteiger partial charge in [0.15, 0.2) is 0 Å². The van der Waals surface area contributed by atoms with Crippen molar-refractivity contribution in [1.29, 1.82) is 0 Å². The van der Waals surface area contributed by atoms with Gasteiger partial charge in [0, 0.05) is 18.5 Å². The van der Waals surface area contributed by atoms with E-state index < -0.39 is 34.5 Å². The van der Waals surface area contributed by atoms with Crippen LogP contribution >= 0.6 is 11.3 Å². The molecule has 0 spiro atoms. The highest BCUT2D eigenvalue weighted by Gasteiger charge is 2.41. The van der Waals surface area contributed by atoms with Crippen LogP contribution in [0.5, 0.6) is 0 Å². The van der Waals surface area contributed by atoms with Gasteiger partial charge in [-0.15, -0.1) is 11.3 Å². The second-order valence-electron chi connectivity index (χ2n) is 7.73. The van der Waals surface area contributed by atoms with E-state index in [-0.39, 0.29) is 49.1 Å². The van der Waals surface area contributed by atoms with Gasteiger partial charge in [0.1, 0.15) is 11.4 Å². The first-order valence-electron chi connectivity index (χ1n) is 10.5. The zero-order valence-corrected chi connectivity index (χ0v) is 19.1. The van der Waals surface area contributed by atoms with Crippen molar-refractivity contribution in [3.05, 3.63) is 67.2 Å². The van der Waals surface area contributed by atoms with E-state index in [1.807, 2.05) is 18.2 Å². The zero-order chi connectivity index (χ0) is 24.5. The van der Waals surface area contributed by atoms with Gasteiger partial charge >= 0.3 is 18.0 Å². The first kappa shape index (κ1) is 24.0. The van der Waals surface area contributed by atoms with Crippen molar-refractivity contribution in [2.75, 3.05) is 26.9 Å². The van der Waals surface area contributed by atoms with Crippen molar-refractivity contribution in [3.8, 4) is 0 Å². The van der Waals surface area contributed by atoms with Gasteiger partial charge in [-0.1, -0.05) is 30.3 Å². The fraction of sp³-hybridized carbons (Fsp3) is 0.409. The van der Waals surface area contributed by atoms with Crippen LogP contribution in [0.25, 0.3) is 10.2 Å². The summed E-state index contributed by atoms with van der Waals surface area (Å²) in [5.41, 5.74) is -1.97. The number of methoxy groups -OCH3 is 1. The lowest BCUT2D eigenvalue weighted by Crippen LogP contribution is -2.41. The number of benzene rings is 1. The molecule has 0 radical (unpaired) electrons. The summed E-state index contributed by atoms with van der Waals surface area (Å²) < 4.78 is 54.6. The van der Waals surface area contributed by atoms with Crippen LogP contribution < -0.4 is 11.2 Å². The number of rotatable bonds is 8. The van der Waals surface area contributed by atoms with Gasteiger partial charge in [0.25, 0.3) is 5.56 Å². The smallest absolute Gasteiger partial charge is 0.418 e. The van der Waals surface area contributed by atoms with Crippen molar-refractivity contribution < 1.29 is 27.4 Å². The molecule has 0 aliphatic carbocycles. The highest BCUT2D eigenvalue weighted by atomic mass is 32.1. The number of ether oxygens (including phenoxy) is 2. The minimum Gasteiger partial charge on any atom is -0.448 e. The summed E-state index contributed by atoms with van der Waals surface area (Å²) in [6.07, 6.45) is -5.29. The van der Waals surface area contributed by atoms with Gasteiger partial charge in [-0.05, 0) is 12.0 Å². The largest absolute Gasteiger partial charge is 0.448 e. The number of fused-ring (bicyclic) bond motifs is 1. The Morgan fingerprint density at radius 3 is 2.44 bits per heavy atom. The maximum Gasteiger partial charge on any atom is 0.418 e. The van der Waals surface area contributed by atoms with E-state index in [0.717, 1.165) is 19.6 Å². The molecule has 182 valence electrons. The molecule has 1 aliphatic heterocycles. The fourth-order valence-corrected chi connectivity index (χ4v) is 5.27. The maximum atomic E-state index is 14.2. The topological polar surface area (TPSA) is 82.8 Å². The molecule has 1 fully saturated rings. The molecule has 34 heavy (non-hydrogen) atoms. The summed E-state index contributed by atoms with van der Waals surface area (Å²) in [6.45, 7) is -0.183. The molecule has 1 amide bonds. The average molecular weight is 497 g/mol. The van der Waals surface area contributed by atoms with E-state index >= 15 is 0 Å². The van der Waals surface area contributed by atoms with Crippen molar-refractivity contribution in [3.63, 3.8) is 0 Å². The van der Waals surface area contributed by atoms with Crippen LogP contribution in [0.1, 0.15) is 16.0 Å². The Morgan fingerprint density at radius 1 is 1.09 bits per heavy atom. The van der Waals surface area contributed by atoms with Crippen LogP contribution in [-0.4, -0.2) is 47.0 Å². The van der Waals surface area contributed by atoms with Crippen molar-refractivity contribution in [2.24, 2.45) is 0 Å². The molecule has 8 nitrogen and oxygen atoms in total. The number of amides is 1. The number of hydrogen-bond acceptors (Lipinski definition) is 6. The first-order valence-corrected chi connectivity index (χ1v) is 11.3. The zero-order valence-electron chi connectivity index (χ0n) is 18.3. The van der Waals surface area contributed by atoms with Gasteiger partial charge in [0.2, 0.25) is 0 Å². The molecular formula is C22H22F3N3O5S. The van der Waals surface area contributed by atoms with Crippen LogP contribution in [0.4, 0.5) is 18.0 Å². The van der Waals surface area contributed by atoms with Gasteiger partial charge in [-0.25, -0.2) is 9.59 Å². The number of aryl methyl sites for hydroxylation is 1. The Morgan fingerprint density at radius 2 is 1.82 bits per heavy atom. The quantitative estimate of drug-likeness (QED) is 0.478. The molecule has 0 N–H and O–H groups in total. The summed E-state index contributed by atoms with van der Waals surface area (Å²) in [5.74, 6) is 0. The molecule has 3 aromatic rings. The van der Waals surface area contributed by atoms with Crippen LogP contribution in [0.2, 0.25) is 0 Å². The highest BCUT2D eigenvalue weighted by Crippen LogP contribution is 2.41. The number of hydrogen-bond donors (Lipinski definition) is 0. The third kappa shape index (κ3) is 4.60. The third-order valence-corrected chi connectivity index (χ3v) is 6.77. The minimum atomic E-state index is -4.86. The first-order chi connectivity index (χ1) is 16.2. The lowest BCUT2D eigenvalue weighted by atomic mass is 10.1. The molecule has 0 bridgehead atoms. The second-order valence-corrected chi connectivity index (χ2v) is 8.82. The molecule has 12 heteroatoms. The Kier molecular flexibility index (Phi) is 6.80. The van der Waals surface area contributed by atoms with Crippen LogP contribution in [0.15, 0.2) is 39.9 Å². The molecule has 4 rings (SSSR count). The molecule has 0 saturated carbocycles. The van der Waals surface area contributed by atoms with E-state index in [1.54, 1.807) is 12.1 Å². The van der Waals surface area contributed by atoms with E-state index in [0.29, 0.717) is 17.8 Å². The van der Waals surface area contributed by atoms with E-state index in [4.69, 9.17) is 9.47 Å². The summed E-state index contributed by atoms with van der Waals surface area (Å²) in [5, 5.41) is -0.566. The van der Waals surface area contributed by atoms with Gasteiger partial charge in [-0.3, -0.25) is 18.8 Å². The summed E-state index contributed by atoms with van der Waals surface area (Å²) >= 11 is 0.693. The Hall–Kier alpha value is -3.12. The van der Waals surface area contributed by atoms with Crippen LogP contribution in [0.3, 0.4) is 0 Å². The molecule has 1 aliphatic rings. The average Bonchev–Trinajstić information content (AvgIpc) is 3.38. The van der Waals surface area contributed by atoms with E-state index in [1.165, 1.54) is 7.11 Å². The Balaban J connectivity index is 1.90. The predicted octanol–water partition coefficient (Wildman–Crippen LogP) is 3.08. The van der Waals surface area contributed by atoms with E-state index in [9.17, 15) is 27.6 Å². The number of nitrogens with zero attached hydrogens (tertiary/aromatic N) is 3. The SMILES string of the molecule is COCCn1c(=O)n(CCc2ccccc2)c(=O)c2c(C(F)(F)F)c(CN3CCOC3=O)sc21. The fourth-order valence-electron chi connectivity index (χ4n) is 3.92. The number of aromatic nitrogens is 2.